The van der Waals surface area contributed by atoms with Crippen LogP contribution in [-0.4, -0.2) is 22.0 Å². The summed E-state index contributed by atoms with van der Waals surface area (Å²) in [5.74, 6) is 7.42. The van der Waals surface area contributed by atoms with Gasteiger partial charge in [0.15, 0.2) is 0 Å². The fraction of sp³-hybridized carbons (Fsp3) is 0.312. The molecule has 0 saturated carbocycles. The molecule has 0 N–H and O–H groups in total. The molecule has 0 fully saturated rings. The van der Waals surface area contributed by atoms with E-state index < -0.39 is 0 Å². The van der Waals surface area contributed by atoms with Gasteiger partial charge in [0.05, 0.1) is 12.1 Å². The van der Waals surface area contributed by atoms with Crippen molar-refractivity contribution in [3.63, 3.8) is 0 Å². The van der Waals surface area contributed by atoms with E-state index in [1.54, 1.807) is 12.3 Å². The maximum Gasteiger partial charge on any atom is 0.135 e. The van der Waals surface area contributed by atoms with Gasteiger partial charge in [-0.25, -0.2) is 9.37 Å². The number of benzene rings is 1. The minimum absolute atomic E-state index is 0.331. The summed E-state index contributed by atoms with van der Waals surface area (Å²) in [4.78, 5) is 4.14. The second kappa shape index (κ2) is 7.70. The Morgan fingerprint density at radius 3 is 3.00 bits per heavy atom. The molecular weight excluding hydrogens is 291 g/mol. The predicted molar refractivity (Wildman–Crippen MR) is 81.1 cm³/mol. The molecule has 0 unspecified atom stereocenters. The number of nitrogens with zero attached hydrogens (tertiary/aromatic N) is 2. The van der Waals surface area contributed by atoms with E-state index in [9.17, 15) is 4.39 Å². The largest absolute Gasteiger partial charge is 0.490 e. The van der Waals surface area contributed by atoms with Crippen molar-refractivity contribution in [1.29, 1.82) is 0 Å². The number of ether oxygens (including phenoxy) is 1. The first-order valence-corrected chi connectivity index (χ1v) is 7.19. The van der Waals surface area contributed by atoms with Gasteiger partial charge in [-0.2, -0.15) is 0 Å². The van der Waals surface area contributed by atoms with E-state index in [2.05, 4.69) is 16.8 Å². The SMILES string of the molecule is Cc1nccn1CCOc1ccc(F)cc1C#CCCCl. The van der Waals surface area contributed by atoms with Crippen molar-refractivity contribution in [2.45, 2.75) is 19.9 Å². The summed E-state index contributed by atoms with van der Waals surface area (Å²) in [6.07, 6.45) is 4.20. The van der Waals surface area contributed by atoms with Gasteiger partial charge in [0.2, 0.25) is 0 Å². The van der Waals surface area contributed by atoms with Crippen molar-refractivity contribution in [1.82, 2.24) is 9.55 Å². The molecule has 3 nitrogen and oxygen atoms in total. The first-order valence-electron chi connectivity index (χ1n) is 6.65. The van der Waals surface area contributed by atoms with E-state index in [1.165, 1.54) is 12.1 Å². The lowest BCUT2D eigenvalue weighted by Crippen LogP contribution is -2.09. The van der Waals surface area contributed by atoms with Gasteiger partial charge >= 0.3 is 0 Å². The van der Waals surface area contributed by atoms with Crippen molar-refractivity contribution in [3.8, 4) is 17.6 Å². The van der Waals surface area contributed by atoms with Gasteiger partial charge in [0.25, 0.3) is 0 Å². The van der Waals surface area contributed by atoms with Gasteiger partial charge in [-0.3, -0.25) is 0 Å². The fourth-order valence-corrected chi connectivity index (χ4v) is 1.92. The molecule has 0 aliphatic rings. The van der Waals surface area contributed by atoms with E-state index >= 15 is 0 Å². The highest BCUT2D eigenvalue weighted by Crippen LogP contribution is 2.19. The summed E-state index contributed by atoms with van der Waals surface area (Å²) in [7, 11) is 0. The molecule has 0 aliphatic heterocycles. The van der Waals surface area contributed by atoms with E-state index in [0.717, 1.165) is 5.82 Å². The molecule has 110 valence electrons. The van der Waals surface area contributed by atoms with Gasteiger partial charge in [-0.1, -0.05) is 11.8 Å². The maximum absolute atomic E-state index is 13.3. The number of aryl methyl sites for hydroxylation is 1. The van der Waals surface area contributed by atoms with Crippen LogP contribution in [0.5, 0.6) is 5.75 Å². The number of hydrogen-bond donors (Lipinski definition) is 0. The van der Waals surface area contributed by atoms with Crippen LogP contribution in [-0.2, 0) is 6.54 Å². The highest BCUT2D eigenvalue weighted by molar-refractivity contribution is 6.18. The maximum atomic E-state index is 13.3. The third kappa shape index (κ3) is 4.51. The lowest BCUT2D eigenvalue weighted by Gasteiger charge is -2.09. The summed E-state index contributed by atoms with van der Waals surface area (Å²) in [6.45, 7) is 3.08. The second-order valence-electron chi connectivity index (χ2n) is 4.40. The Bertz CT molecular complexity index is 658. The van der Waals surface area contributed by atoms with E-state index in [4.69, 9.17) is 16.3 Å². The van der Waals surface area contributed by atoms with Crippen LogP contribution in [0.3, 0.4) is 0 Å². The van der Waals surface area contributed by atoms with Crippen LogP contribution in [0.1, 0.15) is 17.8 Å². The smallest absolute Gasteiger partial charge is 0.135 e. The van der Waals surface area contributed by atoms with Crippen LogP contribution >= 0.6 is 11.6 Å². The standard InChI is InChI=1S/C16H16ClFN2O/c1-13-19-8-9-20(13)10-11-21-16-6-5-15(18)12-14(16)4-2-3-7-17/h5-6,8-9,12H,3,7,10-11H2,1H3. The van der Waals surface area contributed by atoms with Gasteiger partial charge in [0, 0.05) is 24.7 Å². The normalized spacial score (nSPS) is 10.0. The molecule has 0 amide bonds. The number of halogens is 2. The van der Waals surface area contributed by atoms with Crippen molar-refractivity contribution < 1.29 is 9.13 Å². The van der Waals surface area contributed by atoms with Crippen LogP contribution in [0.25, 0.3) is 0 Å². The van der Waals surface area contributed by atoms with Crippen LogP contribution in [0.15, 0.2) is 30.6 Å². The summed E-state index contributed by atoms with van der Waals surface area (Å²) in [5, 5.41) is 0. The third-order valence-corrected chi connectivity index (χ3v) is 3.09. The van der Waals surface area contributed by atoms with Crippen LogP contribution in [0.2, 0.25) is 0 Å². The molecule has 2 rings (SSSR count). The Morgan fingerprint density at radius 1 is 1.43 bits per heavy atom. The molecule has 1 heterocycles. The molecule has 2 aromatic rings. The highest BCUT2D eigenvalue weighted by atomic mass is 35.5. The number of alkyl halides is 1. The zero-order valence-corrected chi connectivity index (χ0v) is 12.5. The summed E-state index contributed by atoms with van der Waals surface area (Å²) in [6, 6.07) is 4.34. The first-order chi connectivity index (χ1) is 10.2. The fourth-order valence-electron chi connectivity index (χ4n) is 1.82. The van der Waals surface area contributed by atoms with Crippen molar-refractivity contribution in [3.05, 3.63) is 47.8 Å². The molecule has 0 radical (unpaired) electrons. The molecule has 0 saturated heterocycles. The third-order valence-electron chi connectivity index (χ3n) is 2.90. The predicted octanol–water partition coefficient (Wildman–Crippen LogP) is 3.39. The number of aromatic nitrogens is 2. The molecule has 21 heavy (non-hydrogen) atoms. The summed E-state index contributed by atoms with van der Waals surface area (Å²) >= 11 is 5.58. The molecule has 0 bridgehead atoms. The molecule has 0 aliphatic carbocycles. The zero-order chi connectivity index (χ0) is 15.1. The average Bonchev–Trinajstić information content (AvgIpc) is 2.87. The van der Waals surface area contributed by atoms with Gasteiger partial charge in [-0.05, 0) is 25.1 Å². The van der Waals surface area contributed by atoms with E-state index in [-0.39, 0.29) is 5.82 Å². The number of imidazole rings is 1. The van der Waals surface area contributed by atoms with Crippen molar-refractivity contribution >= 4 is 11.6 Å². The monoisotopic (exact) mass is 306 g/mol. The lowest BCUT2D eigenvalue weighted by molar-refractivity contribution is 0.296. The molecule has 1 aromatic carbocycles. The Hall–Kier alpha value is -1.99. The minimum Gasteiger partial charge on any atom is -0.490 e. The minimum atomic E-state index is -0.331. The number of hydrogen-bond acceptors (Lipinski definition) is 2. The Labute approximate surface area is 128 Å². The summed E-state index contributed by atoms with van der Waals surface area (Å²) in [5.41, 5.74) is 0.544. The van der Waals surface area contributed by atoms with E-state index in [0.29, 0.717) is 36.8 Å². The van der Waals surface area contributed by atoms with Crippen molar-refractivity contribution in [2.24, 2.45) is 0 Å². The van der Waals surface area contributed by atoms with Gasteiger partial charge in [-0.15, -0.1) is 11.6 Å². The lowest BCUT2D eigenvalue weighted by atomic mass is 10.2. The topological polar surface area (TPSA) is 27.1 Å². The van der Waals surface area contributed by atoms with Crippen LogP contribution in [0, 0.1) is 24.6 Å². The quantitative estimate of drug-likeness (QED) is 0.625. The average molecular weight is 307 g/mol. The Balaban J connectivity index is 2.02. The molecule has 1 aromatic heterocycles. The molecule has 0 atom stereocenters. The van der Waals surface area contributed by atoms with E-state index in [1.807, 2.05) is 17.7 Å². The molecule has 0 spiro atoms. The van der Waals surface area contributed by atoms with Crippen molar-refractivity contribution in [2.75, 3.05) is 12.5 Å². The summed E-state index contributed by atoms with van der Waals surface area (Å²) < 4.78 is 21.0. The second-order valence-corrected chi connectivity index (χ2v) is 4.78. The van der Waals surface area contributed by atoms with Crippen LogP contribution < -0.4 is 4.74 Å². The van der Waals surface area contributed by atoms with Gasteiger partial charge < -0.3 is 9.30 Å². The highest BCUT2D eigenvalue weighted by Gasteiger charge is 2.04. The zero-order valence-electron chi connectivity index (χ0n) is 11.8. The molecule has 5 heteroatoms. The van der Waals surface area contributed by atoms with Crippen LogP contribution in [0.4, 0.5) is 4.39 Å². The number of rotatable bonds is 5. The Morgan fingerprint density at radius 2 is 2.29 bits per heavy atom. The Kier molecular flexibility index (Phi) is 5.65. The molecular formula is C16H16ClFN2O. The first kappa shape index (κ1) is 15.4. The van der Waals surface area contributed by atoms with Gasteiger partial charge in [0.1, 0.15) is 24.0 Å².